The van der Waals surface area contributed by atoms with Gasteiger partial charge in [-0.3, -0.25) is 0 Å². The van der Waals surface area contributed by atoms with E-state index in [2.05, 4.69) is 31.9 Å². The summed E-state index contributed by atoms with van der Waals surface area (Å²) in [5, 5.41) is 5.21. The number of aryl methyl sites for hydroxylation is 2. The maximum absolute atomic E-state index is 5.75. The topological polar surface area (TPSA) is 69.0 Å². The van der Waals surface area contributed by atoms with Crippen LogP contribution >= 0.6 is 11.8 Å². The van der Waals surface area contributed by atoms with Crippen molar-refractivity contribution < 1.29 is 4.74 Å². The minimum absolute atomic E-state index is 0.567. The van der Waals surface area contributed by atoms with Gasteiger partial charge in [-0.1, -0.05) is 29.5 Å². The summed E-state index contributed by atoms with van der Waals surface area (Å²) in [6, 6.07) is 10.1. The smallest absolute Gasteiger partial charge is 0.254 e. The molecule has 146 valence electrons. The van der Waals surface area contributed by atoms with Gasteiger partial charge in [-0.25, -0.2) is 9.97 Å². The lowest BCUT2D eigenvalue weighted by Gasteiger charge is -2.17. The van der Waals surface area contributed by atoms with Crippen molar-refractivity contribution in [2.75, 3.05) is 30.3 Å². The van der Waals surface area contributed by atoms with Crippen LogP contribution in [0.25, 0.3) is 5.95 Å². The average Bonchev–Trinajstić information content (AvgIpc) is 3.38. The van der Waals surface area contributed by atoms with Crippen molar-refractivity contribution >= 4 is 17.6 Å². The molecule has 1 aliphatic rings. The first-order valence-corrected chi connectivity index (χ1v) is 10.5. The number of thioether (sulfide) groups is 1. The van der Waals surface area contributed by atoms with Crippen molar-refractivity contribution in [2.24, 2.45) is 0 Å². The largest absolute Gasteiger partial charge is 0.493 e. The second-order valence-corrected chi connectivity index (χ2v) is 7.91. The lowest BCUT2D eigenvalue weighted by atomic mass is 10.2. The number of anilines is 1. The van der Waals surface area contributed by atoms with Crippen molar-refractivity contribution in [3.63, 3.8) is 0 Å². The SMILES string of the molecule is Cc1ccc(OCCSc2ncn(-c3nc(C)cc(N4CCCC4)n3)n2)cc1. The Morgan fingerprint density at radius 2 is 1.86 bits per heavy atom. The molecular formula is C20H24N6OS. The fourth-order valence-electron chi connectivity index (χ4n) is 3.08. The molecule has 0 aliphatic carbocycles. The van der Waals surface area contributed by atoms with Gasteiger partial charge in [0.2, 0.25) is 5.16 Å². The van der Waals surface area contributed by atoms with Crippen LogP contribution in [0.15, 0.2) is 41.8 Å². The molecule has 0 spiro atoms. The van der Waals surface area contributed by atoms with Gasteiger partial charge in [0.1, 0.15) is 17.9 Å². The van der Waals surface area contributed by atoms with Gasteiger partial charge in [0, 0.05) is 30.6 Å². The lowest BCUT2D eigenvalue weighted by Crippen LogP contribution is -2.20. The molecule has 0 N–H and O–H groups in total. The summed E-state index contributed by atoms with van der Waals surface area (Å²) in [7, 11) is 0. The predicted molar refractivity (Wildman–Crippen MR) is 111 cm³/mol. The van der Waals surface area contributed by atoms with Crippen molar-refractivity contribution in [3.8, 4) is 11.7 Å². The van der Waals surface area contributed by atoms with Gasteiger partial charge in [0.15, 0.2) is 0 Å². The second kappa shape index (κ2) is 8.60. The van der Waals surface area contributed by atoms with Gasteiger partial charge < -0.3 is 9.64 Å². The van der Waals surface area contributed by atoms with E-state index in [1.165, 1.54) is 18.4 Å². The van der Waals surface area contributed by atoms with Gasteiger partial charge >= 0.3 is 0 Å². The van der Waals surface area contributed by atoms with Crippen molar-refractivity contribution in [1.29, 1.82) is 0 Å². The molecule has 3 aromatic rings. The number of benzene rings is 1. The van der Waals surface area contributed by atoms with Crippen LogP contribution in [-0.2, 0) is 0 Å². The quantitative estimate of drug-likeness (QED) is 0.447. The Balaban J connectivity index is 1.35. The standard InChI is InChI=1S/C20H24N6OS/c1-15-5-7-17(8-6-15)27-11-12-28-20-21-14-26(24-20)19-22-16(2)13-18(23-19)25-9-3-4-10-25/h5-8,13-14H,3-4,9-12H2,1-2H3. The van der Waals surface area contributed by atoms with Gasteiger partial charge in [-0.05, 0) is 38.8 Å². The highest BCUT2D eigenvalue weighted by Gasteiger charge is 2.16. The summed E-state index contributed by atoms with van der Waals surface area (Å²) >= 11 is 1.56. The summed E-state index contributed by atoms with van der Waals surface area (Å²) in [6.07, 6.45) is 4.10. The molecule has 0 atom stereocenters. The number of nitrogens with zero attached hydrogens (tertiary/aromatic N) is 6. The first kappa shape index (κ1) is 18.7. The molecule has 1 saturated heterocycles. The zero-order valence-electron chi connectivity index (χ0n) is 16.2. The minimum atomic E-state index is 0.567. The molecule has 1 aromatic carbocycles. The Bertz CT molecular complexity index is 921. The fraction of sp³-hybridized carbons (Fsp3) is 0.400. The van der Waals surface area contributed by atoms with Crippen molar-refractivity contribution in [1.82, 2.24) is 24.7 Å². The number of aromatic nitrogens is 5. The molecule has 3 heterocycles. The van der Waals surface area contributed by atoms with Crippen LogP contribution in [0.4, 0.5) is 5.82 Å². The lowest BCUT2D eigenvalue weighted by molar-refractivity contribution is 0.344. The van der Waals surface area contributed by atoms with Crippen LogP contribution in [0.2, 0.25) is 0 Å². The molecule has 7 nitrogen and oxygen atoms in total. The summed E-state index contributed by atoms with van der Waals surface area (Å²) in [6.45, 7) is 6.75. The zero-order chi connectivity index (χ0) is 19.3. The first-order valence-electron chi connectivity index (χ1n) is 9.52. The van der Waals surface area contributed by atoms with E-state index < -0.39 is 0 Å². The highest BCUT2D eigenvalue weighted by Crippen LogP contribution is 2.20. The Labute approximate surface area is 169 Å². The monoisotopic (exact) mass is 396 g/mol. The number of hydrogen-bond acceptors (Lipinski definition) is 7. The van der Waals surface area contributed by atoms with E-state index in [1.807, 2.05) is 37.3 Å². The maximum atomic E-state index is 5.75. The van der Waals surface area contributed by atoms with Crippen LogP contribution in [0.1, 0.15) is 24.1 Å². The van der Waals surface area contributed by atoms with E-state index in [0.717, 1.165) is 36.1 Å². The number of rotatable bonds is 7. The van der Waals surface area contributed by atoms with Crippen LogP contribution in [0.3, 0.4) is 0 Å². The summed E-state index contributed by atoms with van der Waals surface area (Å²) in [5.74, 6) is 3.19. The molecule has 0 saturated carbocycles. The van der Waals surface area contributed by atoms with E-state index >= 15 is 0 Å². The number of hydrogen-bond donors (Lipinski definition) is 0. The summed E-state index contributed by atoms with van der Waals surface area (Å²) < 4.78 is 7.40. The molecular weight excluding hydrogens is 372 g/mol. The third-order valence-electron chi connectivity index (χ3n) is 4.54. The molecule has 1 aliphatic heterocycles. The Hall–Kier alpha value is -2.61. The van der Waals surface area contributed by atoms with Crippen LogP contribution in [-0.4, -0.2) is 50.2 Å². The summed E-state index contributed by atoms with van der Waals surface area (Å²) in [5.41, 5.74) is 2.16. The van der Waals surface area contributed by atoms with Crippen LogP contribution < -0.4 is 9.64 Å². The normalized spacial score (nSPS) is 13.9. The van der Waals surface area contributed by atoms with E-state index in [4.69, 9.17) is 4.74 Å². The van der Waals surface area contributed by atoms with Gasteiger partial charge in [0.25, 0.3) is 5.95 Å². The third-order valence-corrected chi connectivity index (χ3v) is 5.35. The Morgan fingerprint density at radius 1 is 1.07 bits per heavy atom. The van der Waals surface area contributed by atoms with E-state index in [-0.39, 0.29) is 0 Å². The molecule has 0 unspecified atom stereocenters. The molecule has 2 aromatic heterocycles. The molecule has 4 rings (SSSR count). The minimum Gasteiger partial charge on any atom is -0.493 e. The Morgan fingerprint density at radius 3 is 2.64 bits per heavy atom. The average molecular weight is 397 g/mol. The van der Waals surface area contributed by atoms with Crippen molar-refractivity contribution in [2.45, 2.75) is 31.8 Å². The van der Waals surface area contributed by atoms with Gasteiger partial charge in [-0.2, -0.15) is 9.67 Å². The Kier molecular flexibility index (Phi) is 5.76. The van der Waals surface area contributed by atoms with Crippen LogP contribution in [0.5, 0.6) is 5.75 Å². The van der Waals surface area contributed by atoms with E-state index in [9.17, 15) is 0 Å². The van der Waals surface area contributed by atoms with Crippen molar-refractivity contribution in [3.05, 3.63) is 47.9 Å². The third kappa shape index (κ3) is 4.62. The van der Waals surface area contributed by atoms with Gasteiger partial charge in [-0.15, -0.1) is 5.10 Å². The molecule has 0 amide bonds. The highest BCUT2D eigenvalue weighted by molar-refractivity contribution is 7.99. The predicted octanol–water partition coefficient (Wildman–Crippen LogP) is 3.45. The second-order valence-electron chi connectivity index (χ2n) is 6.84. The highest BCUT2D eigenvalue weighted by atomic mass is 32.2. The molecule has 8 heteroatoms. The molecule has 1 fully saturated rings. The number of ether oxygens (including phenoxy) is 1. The zero-order valence-corrected chi connectivity index (χ0v) is 17.0. The van der Waals surface area contributed by atoms with Crippen LogP contribution in [0, 0.1) is 13.8 Å². The molecule has 0 radical (unpaired) electrons. The summed E-state index contributed by atoms with van der Waals surface area (Å²) in [4.78, 5) is 15.9. The molecule has 0 bridgehead atoms. The van der Waals surface area contributed by atoms with E-state index in [0.29, 0.717) is 17.7 Å². The first-order chi connectivity index (χ1) is 13.7. The maximum Gasteiger partial charge on any atom is 0.254 e. The van der Waals surface area contributed by atoms with Gasteiger partial charge in [0.05, 0.1) is 6.61 Å². The molecule has 28 heavy (non-hydrogen) atoms. The van der Waals surface area contributed by atoms with E-state index in [1.54, 1.807) is 22.8 Å². The fourth-order valence-corrected chi connectivity index (χ4v) is 3.70.